The molecule has 0 spiro atoms. The van der Waals surface area contributed by atoms with Crippen molar-refractivity contribution in [3.63, 3.8) is 0 Å². The van der Waals surface area contributed by atoms with E-state index >= 15 is 0 Å². The molecule has 1 aliphatic carbocycles. The predicted octanol–water partition coefficient (Wildman–Crippen LogP) is 5.19. The van der Waals surface area contributed by atoms with Gasteiger partial charge in [0.1, 0.15) is 9.85 Å². The summed E-state index contributed by atoms with van der Waals surface area (Å²) in [6.07, 6.45) is 0. The molecule has 3 nitrogen and oxygen atoms in total. The Morgan fingerprint density at radius 1 is 1.21 bits per heavy atom. The first-order valence-electron chi connectivity index (χ1n) is 7.85. The van der Waals surface area contributed by atoms with Gasteiger partial charge >= 0.3 is 0 Å². The monoisotopic (exact) mass is 357 g/mol. The fourth-order valence-corrected chi connectivity index (χ4v) is 4.51. The van der Waals surface area contributed by atoms with E-state index in [2.05, 4.69) is 42.0 Å². The molecular formula is C19H17Cl2N3. The Balaban J connectivity index is 1.82. The van der Waals surface area contributed by atoms with Gasteiger partial charge in [0.2, 0.25) is 0 Å². The van der Waals surface area contributed by atoms with Gasteiger partial charge in [0, 0.05) is 11.8 Å². The summed E-state index contributed by atoms with van der Waals surface area (Å²) in [6.45, 7) is 8.07. The van der Waals surface area contributed by atoms with Crippen LogP contribution < -0.4 is 0 Å². The molecule has 0 radical (unpaired) electrons. The van der Waals surface area contributed by atoms with Gasteiger partial charge in [-0.1, -0.05) is 35.6 Å². The molecule has 4 rings (SSSR count). The van der Waals surface area contributed by atoms with Gasteiger partial charge in [-0.2, -0.15) is 0 Å². The summed E-state index contributed by atoms with van der Waals surface area (Å²) in [5.41, 5.74) is 6.08. The quantitative estimate of drug-likeness (QED) is 0.476. The minimum atomic E-state index is -0.776. The van der Waals surface area contributed by atoms with Crippen LogP contribution in [-0.2, 0) is 0 Å². The minimum absolute atomic E-state index is 0.0618. The summed E-state index contributed by atoms with van der Waals surface area (Å²) in [6, 6.07) is 14.2. The van der Waals surface area contributed by atoms with Crippen molar-refractivity contribution in [2.45, 2.75) is 24.1 Å². The summed E-state index contributed by atoms with van der Waals surface area (Å²) in [5, 5.41) is 8.53. The first-order chi connectivity index (χ1) is 11.4. The van der Waals surface area contributed by atoms with Gasteiger partial charge in [-0.3, -0.25) is 0 Å². The molecule has 24 heavy (non-hydrogen) atoms. The van der Waals surface area contributed by atoms with Gasteiger partial charge in [0.15, 0.2) is 0 Å². The molecule has 3 aromatic rings. The zero-order chi connectivity index (χ0) is 17.1. The van der Waals surface area contributed by atoms with Crippen LogP contribution in [0.2, 0.25) is 0 Å². The second-order valence-corrected chi connectivity index (χ2v) is 8.01. The highest BCUT2D eigenvalue weighted by Crippen LogP contribution is 2.67. The maximum atomic E-state index is 6.50. The summed E-state index contributed by atoms with van der Waals surface area (Å²) in [7, 11) is 0. The second-order valence-electron chi connectivity index (χ2n) is 6.57. The van der Waals surface area contributed by atoms with Crippen LogP contribution in [0.3, 0.4) is 0 Å². The van der Waals surface area contributed by atoms with E-state index in [4.69, 9.17) is 23.2 Å². The summed E-state index contributed by atoms with van der Waals surface area (Å²) in [4.78, 5) is 0. The summed E-state index contributed by atoms with van der Waals surface area (Å²) < 4.78 is 1.08. The molecular weight excluding hydrogens is 341 g/mol. The Kier molecular flexibility index (Phi) is 3.48. The van der Waals surface area contributed by atoms with Gasteiger partial charge in [-0.25, -0.2) is 4.68 Å². The molecule has 5 heteroatoms. The average Bonchev–Trinajstić information content (AvgIpc) is 2.90. The van der Waals surface area contributed by atoms with Crippen LogP contribution >= 0.6 is 23.2 Å². The Bertz CT molecular complexity index is 958. The van der Waals surface area contributed by atoms with Crippen LogP contribution in [0.15, 0.2) is 54.6 Å². The van der Waals surface area contributed by atoms with Crippen LogP contribution in [0.25, 0.3) is 16.7 Å². The number of fused-ring (bicyclic) bond motifs is 1. The van der Waals surface area contributed by atoms with Gasteiger partial charge in [0.25, 0.3) is 0 Å². The van der Waals surface area contributed by atoms with Crippen molar-refractivity contribution in [3.8, 4) is 5.69 Å². The highest BCUT2D eigenvalue weighted by atomic mass is 35.5. The van der Waals surface area contributed by atoms with E-state index in [9.17, 15) is 0 Å². The molecule has 0 N–H and O–H groups in total. The first kappa shape index (κ1) is 15.7. The van der Waals surface area contributed by atoms with E-state index in [1.165, 1.54) is 0 Å². The molecule has 2 unspecified atom stereocenters. The van der Waals surface area contributed by atoms with Crippen molar-refractivity contribution in [2.75, 3.05) is 0 Å². The van der Waals surface area contributed by atoms with Gasteiger partial charge < -0.3 is 0 Å². The third kappa shape index (κ3) is 2.35. The molecule has 122 valence electrons. The highest BCUT2D eigenvalue weighted by Gasteiger charge is 2.64. The lowest BCUT2D eigenvalue weighted by Crippen LogP contribution is -2.00. The molecule has 0 aliphatic heterocycles. The number of halogens is 2. The number of para-hydroxylation sites is 1. The molecule has 2 aromatic carbocycles. The van der Waals surface area contributed by atoms with Crippen LogP contribution in [0, 0.1) is 12.8 Å². The van der Waals surface area contributed by atoms with E-state index < -0.39 is 4.33 Å². The van der Waals surface area contributed by atoms with Crippen molar-refractivity contribution in [2.24, 2.45) is 5.92 Å². The molecule has 1 aromatic heterocycles. The number of aromatic nitrogens is 3. The van der Waals surface area contributed by atoms with Crippen molar-refractivity contribution >= 4 is 34.2 Å². The van der Waals surface area contributed by atoms with Gasteiger partial charge in [-0.05, 0) is 49.2 Å². The summed E-state index contributed by atoms with van der Waals surface area (Å²) in [5.74, 6) is 0.148. The normalized spacial score (nSPS) is 21.8. The van der Waals surface area contributed by atoms with Crippen LogP contribution in [-0.4, -0.2) is 19.3 Å². The van der Waals surface area contributed by atoms with Crippen molar-refractivity contribution in [1.29, 1.82) is 0 Å². The first-order valence-corrected chi connectivity index (χ1v) is 8.61. The molecule has 0 amide bonds. The maximum Gasteiger partial charge on any atom is 0.132 e. The molecule has 0 saturated heterocycles. The van der Waals surface area contributed by atoms with E-state index in [1.807, 2.05) is 35.9 Å². The largest absolute Gasteiger partial charge is 0.213 e. The summed E-state index contributed by atoms with van der Waals surface area (Å²) >= 11 is 13.0. The Morgan fingerprint density at radius 3 is 2.67 bits per heavy atom. The van der Waals surface area contributed by atoms with E-state index in [1.54, 1.807) is 0 Å². The Labute approximate surface area is 150 Å². The number of aryl methyl sites for hydroxylation is 1. The van der Waals surface area contributed by atoms with E-state index in [0.29, 0.717) is 0 Å². The SMILES string of the molecule is C=C(C)C1C(c2cc(C)cc(-n3nnc4ccccc43)c2)C1(Cl)Cl. The fraction of sp³-hybridized carbons (Fsp3) is 0.263. The third-order valence-electron chi connectivity index (χ3n) is 4.62. The second kappa shape index (κ2) is 5.33. The Morgan fingerprint density at radius 2 is 1.96 bits per heavy atom. The van der Waals surface area contributed by atoms with Gasteiger partial charge in [0.05, 0.1) is 11.2 Å². The smallest absolute Gasteiger partial charge is 0.132 e. The van der Waals surface area contributed by atoms with Crippen molar-refractivity contribution in [1.82, 2.24) is 15.0 Å². The van der Waals surface area contributed by atoms with Crippen LogP contribution in [0.4, 0.5) is 0 Å². The van der Waals surface area contributed by atoms with Gasteiger partial charge in [-0.15, -0.1) is 28.3 Å². The zero-order valence-corrected chi connectivity index (χ0v) is 15.0. The molecule has 0 bridgehead atoms. The molecule has 2 atom stereocenters. The lowest BCUT2D eigenvalue weighted by atomic mass is 10.0. The topological polar surface area (TPSA) is 30.7 Å². The molecule has 1 heterocycles. The number of nitrogens with zero attached hydrogens (tertiary/aromatic N) is 3. The molecule has 1 saturated carbocycles. The zero-order valence-electron chi connectivity index (χ0n) is 13.5. The number of hydrogen-bond acceptors (Lipinski definition) is 2. The predicted molar refractivity (Wildman–Crippen MR) is 99.1 cm³/mol. The molecule has 1 fully saturated rings. The van der Waals surface area contributed by atoms with E-state index in [-0.39, 0.29) is 11.8 Å². The number of alkyl halides is 2. The van der Waals surface area contributed by atoms with Crippen molar-refractivity contribution < 1.29 is 0 Å². The number of benzene rings is 2. The highest BCUT2D eigenvalue weighted by molar-refractivity contribution is 6.52. The number of allylic oxidation sites excluding steroid dienone is 1. The standard InChI is InChI=1S/C19H17Cl2N3/c1-11(2)17-18(19(17,20)21)13-8-12(3)9-14(10-13)24-16-7-5-4-6-15(16)22-23-24/h4-10,17-18H,1H2,2-3H3. The minimum Gasteiger partial charge on any atom is -0.213 e. The lowest BCUT2D eigenvalue weighted by Gasteiger charge is -2.08. The maximum absolute atomic E-state index is 6.50. The van der Waals surface area contributed by atoms with E-state index in [0.717, 1.165) is 33.4 Å². The average molecular weight is 358 g/mol. The van der Waals surface area contributed by atoms with Crippen LogP contribution in [0.1, 0.15) is 24.0 Å². The number of rotatable bonds is 3. The Hall–Kier alpha value is -1.84. The van der Waals surface area contributed by atoms with Crippen LogP contribution in [0.5, 0.6) is 0 Å². The third-order valence-corrected chi connectivity index (χ3v) is 5.56. The lowest BCUT2D eigenvalue weighted by molar-refractivity contribution is 0.820. The molecule has 1 aliphatic rings. The fourth-order valence-electron chi connectivity index (χ4n) is 3.51. The number of hydrogen-bond donors (Lipinski definition) is 0. The van der Waals surface area contributed by atoms with Crippen molar-refractivity contribution in [3.05, 3.63) is 65.7 Å².